The number of carbonyl (C=O) groups is 1. The lowest BCUT2D eigenvalue weighted by Gasteiger charge is -2.11. The summed E-state index contributed by atoms with van der Waals surface area (Å²) in [5.74, 6) is 0.630. The first kappa shape index (κ1) is 25.9. The van der Waals surface area contributed by atoms with E-state index in [0.29, 0.717) is 33.8 Å². The molecule has 0 amide bonds. The van der Waals surface area contributed by atoms with Crippen molar-refractivity contribution in [3.63, 3.8) is 0 Å². The number of halogens is 2. The third-order valence-corrected chi connectivity index (χ3v) is 6.63. The number of hydrogen-bond acceptors (Lipinski definition) is 6. The summed E-state index contributed by atoms with van der Waals surface area (Å²) < 4.78 is 11.1. The summed E-state index contributed by atoms with van der Waals surface area (Å²) >= 11 is 13.7. The summed E-state index contributed by atoms with van der Waals surface area (Å²) in [6.45, 7) is 0.498. The number of hydrogen-bond donors (Lipinski definition) is 0. The molecule has 2 aromatic carbocycles. The van der Waals surface area contributed by atoms with Gasteiger partial charge < -0.3 is 19.4 Å². The smallest absolute Gasteiger partial charge is 0.144 e. The predicted octanol–water partition coefficient (Wildman–Crippen LogP) is 5.85. The Kier molecular flexibility index (Phi) is 10.1. The van der Waals surface area contributed by atoms with Gasteiger partial charge in [-0.3, -0.25) is 0 Å². The quantitative estimate of drug-likeness (QED) is 0.170. The highest BCUT2D eigenvalue weighted by atomic mass is 35.5. The normalized spacial score (nSPS) is 11.0. The number of carboxylic acid groups (broad SMARTS) is 1. The van der Waals surface area contributed by atoms with E-state index in [2.05, 4.69) is 17.1 Å². The van der Waals surface area contributed by atoms with Gasteiger partial charge >= 0.3 is 0 Å². The minimum Gasteiger partial charge on any atom is -0.545 e. The third kappa shape index (κ3) is 8.28. The molecule has 0 unspecified atom stereocenters. The number of aliphatic carboxylic acids is 1. The van der Waals surface area contributed by atoms with Crippen LogP contribution in [0.2, 0.25) is 10.0 Å². The number of benzene rings is 2. The van der Waals surface area contributed by atoms with Gasteiger partial charge in [-0.2, -0.15) is 0 Å². The first-order valence-corrected chi connectivity index (χ1v) is 12.4. The molecule has 3 aromatic rings. The number of ether oxygens (including phenoxy) is 2. The predicted molar refractivity (Wildman–Crippen MR) is 136 cm³/mol. The molecule has 0 atom stereocenters. The fourth-order valence-electron chi connectivity index (χ4n) is 3.12. The van der Waals surface area contributed by atoms with Gasteiger partial charge in [0.2, 0.25) is 0 Å². The number of pyridine rings is 1. The molecule has 0 aliphatic carbocycles. The van der Waals surface area contributed by atoms with E-state index in [-0.39, 0.29) is 0 Å². The Morgan fingerprint density at radius 1 is 1.09 bits per heavy atom. The molecule has 1 heterocycles. The fourth-order valence-corrected chi connectivity index (χ4v) is 4.52. The van der Waals surface area contributed by atoms with E-state index in [1.807, 2.05) is 30.3 Å². The SMILES string of the molecule is COc1ccc(CCCCOc2ccc(CSc3ccc(Cl)cc3Cl)nc2/C=C/C(=O)[O-])cc1. The monoisotopic (exact) mass is 516 g/mol. The molecule has 178 valence electrons. The number of nitrogens with zero attached hydrogens (tertiary/aromatic N) is 1. The van der Waals surface area contributed by atoms with E-state index in [1.165, 1.54) is 23.4 Å². The number of carbonyl (C=O) groups excluding carboxylic acids is 1. The average molecular weight is 517 g/mol. The molecule has 0 spiro atoms. The molecular weight excluding hydrogens is 493 g/mol. The topological polar surface area (TPSA) is 71.5 Å². The van der Waals surface area contributed by atoms with Gasteiger partial charge in [-0.05, 0) is 79.4 Å². The first-order valence-electron chi connectivity index (χ1n) is 10.7. The molecular formula is C26H24Cl2NO4S-. The molecule has 0 saturated heterocycles. The van der Waals surface area contributed by atoms with Crippen LogP contribution in [0.15, 0.2) is 65.6 Å². The maximum atomic E-state index is 10.9. The number of carboxylic acids is 1. The van der Waals surface area contributed by atoms with Gasteiger partial charge in [0.05, 0.1) is 30.4 Å². The number of unbranched alkanes of at least 4 members (excludes halogenated alkanes) is 1. The van der Waals surface area contributed by atoms with Crippen LogP contribution in [0.5, 0.6) is 11.5 Å². The second-order valence-electron chi connectivity index (χ2n) is 7.36. The maximum absolute atomic E-state index is 10.9. The summed E-state index contributed by atoms with van der Waals surface area (Å²) in [6, 6.07) is 17.0. The summed E-state index contributed by atoms with van der Waals surface area (Å²) in [5.41, 5.74) is 2.45. The van der Waals surface area contributed by atoms with Crippen LogP contribution in [0.4, 0.5) is 0 Å². The third-order valence-electron chi connectivity index (χ3n) is 4.87. The zero-order valence-corrected chi connectivity index (χ0v) is 21.0. The van der Waals surface area contributed by atoms with Crippen molar-refractivity contribution >= 4 is 47.0 Å². The van der Waals surface area contributed by atoms with Crippen LogP contribution in [-0.4, -0.2) is 24.7 Å². The van der Waals surface area contributed by atoms with Crippen LogP contribution in [0, 0.1) is 0 Å². The maximum Gasteiger partial charge on any atom is 0.144 e. The molecule has 3 rings (SSSR count). The minimum atomic E-state index is -1.29. The van der Waals surface area contributed by atoms with Crippen molar-refractivity contribution < 1.29 is 19.4 Å². The van der Waals surface area contributed by atoms with Crippen molar-refractivity contribution in [2.75, 3.05) is 13.7 Å². The van der Waals surface area contributed by atoms with Crippen LogP contribution >= 0.6 is 35.0 Å². The number of rotatable bonds is 12. The van der Waals surface area contributed by atoms with Crippen molar-refractivity contribution in [1.82, 2.24) is 4.98 Å². The van der Waals surface area contributed by atoms with Crippen LogP contribution in [0.1, 0.15) is 29.8 Å². The van der Waals surface area contributed by atoms with Crippen molar-refractivity contribution in [2.24, 2.45) is 0 Å². The van der Waals surface area contributed by atoms with Crippen molar-refractivity contribution in [3.05, 3.63) is 87.7 Å². The largest absolute Gasteiger partial charge is 0.545 e. The van der Waals surface area contributed by atoms with Gasteiger partial charge in [-0.25, -0.2) is 4.98 Å². The Bertz CT molecular complexity index is 1140. The van der Waals surface area contributed by atoms with Crippen LogP contribution in [-0.2, 0) is 17.0 Å². The molecule has 34 heavy (non-hydrogen) atoms. The van der Waals surface area contributed by atoms with Crippen molar-refractivity contribution in [2.45, 2.75) is 29.9 Å². The summed E-state index contributed by atoms with van der Waals surface area (Å²) in [5, 5.41) is 12.1. The second-order valence-corrected chi connectivity index (χ2v) is 9.22. The van der Waals surface area contributed by atoms with E-state index in [4.69, 9.17) is 32.7 Å². The number of thioether (sulfide) groups is 1. The van der Waals surface area contributed by atoms with Gasteiger partial charge in [0.15, 0.2) is 0 Å². The first-order chi connectivity index (χ1) is 16.4. The number of methoxy groups -OCH3 is 1. The summed E-state index contributed by atoms with van der Waals surface area (Å²) in [6.07, 6.45) is 5.09. The van der Waals surface area contributed by atoms with E-state index < -0.39 is 5.97 Å². The highest BCUT2D eigenvalue weighted by Crippen LogP contribution is 2.32. The lowest BCUT2D eigenvalue weighted by molar-refractivity contribution is -0.297. The second kappa shape index (κ2) is 13.3. The Labute approximate surface area is 213 Å². The average Bonchev–Trinajstić information content (AvgIpc) is 2.83. The molecule has 0 N–H and O–H groups in total. The molecule has 0 aliphatic heterocycles. The van der Waals surface area contributed by atoms with Gasteiger partial charge in [0.1, 0.15) is 17.2 Å². The molecule has 5 nitrogen and oxygen atoms in total. The summed E-state index contributed by atoms with van der Waals surface area (Å²) in [4.78, 5) is 16.4. The number of aromatic nitrogens is 1. The van der Waals surface area contributed by atoms with Gasteiger partial charge in [0.25, 0.3) is 0 Å². The highest BCUT2D eigenvalue weighted by molar-refractivity contribution is 7.98. The minimum absolute atomic E-state index is 0.444. The summed E-state index contributed by atoms with van der Waals surface area (Å²) in [7, 11) is 1.65. The van der Waals surface area contributed by atoms with Crippen LogP contribution in [0.3, 0.4) is 0 Å². The van der Waals surface area contributed by atoms with Crippen molar-refractivity contribution in [3.8, 4) is 11.5 Å². The molecule has 1 aromatic heterocycles. The van der Waals surface area contributed by atoms with Crippen LogP contribution < -0.4 is 14.6 Å². The molecule has 0 radical (unpaired) electrons. The molecule has 0 fully saturated rings. The van der Waals surface area contributed by atoms with E-state index in [1.54, 1.807) is 19.2 Å². The van der Waals surface area contributed by atoms with Gasteiger partial charge in [0, 0.05) is 15.7 Å². The zero-order chi connectivity index (χ0) is 24.3. The Hall–Kier alpha value is -2.67. The molecule has 0 bridgehead atoms. The Balaban J connectivity index is 1.57. The van der Waals surface area contributed by atoms with E-state index in [0.717, 1.165) is 41.7 Å². The van der Waals surface area contributed by atoms with E-state index >= 15 is 0 Å². The van der Waals surface area contributed by atoms with Gasteiger partial charge in [-0.1, -0.05) is 35.3 Å². The Morgan fingerprint density at radius 2 is 1.88 bits per heavy atom. The fraction of sp³-hybridized carbons (Fsp3) is 0.231. The molecule has 0 aliphatic rings. The zero-order valence-electron chi connectivity index (χ0n) is 18.6. The van der Waals surface area contributed by atoms with Crippen LogP contribution in [0.25, 0.3) is 6.08 Å². The lowest BCUT2D eigenvalue weighted by Crippen LogP contribution is -2.18. The van der Waals surface area contributed by atoms with Crippen molar-refractivity contribution in [1.29, 1.82) is 0 Å². The lowest BCUT2D eigenvalue weighted by atomic mass is 10.1. The van der Waals surface area contributed by atoms with Gasteiger partial charge in [-0.15, -0.1) is 11.8 Å². The standard InChI is InChI=1S/C26H25Cl2NO4S/c1-32-21-9-5-18(6-10-21)4-2-3-15-33-24-12-8-20(29-23(24)11-14-26(30)31)17-34-25-13-7-19(27)16-22(25)28/h5-14,16H,2-4,15,17H2,1H3,(H,30,31)/p-1/b14-11+. The highest BCUT2D eigenvalue weighted by Gasteiger charge is 2.08. The number of aryl methyl sites for hydroxylation is 1. The molecule has 0 saturated carbocycles. The van der Waals surface area contributed by atoms with E-state index in [9.17, 15) is 9.90 Å². The molecule has 8 heteroatoms. The Morgan fingerprint density at radius 3 is 2.59 bits per heavy atom.